The molecule has 1 aliphatic heterocycles. The fourth-order valence-corrected chi connectivity index (χ4v) is 5.34. The molecule has 7 rings (SSSR count). The number of H-pyrrole nitrogens is 2. The number of aromatic nitrogens is 6. The van der Waals surface area contributed by atoms with Crippen LogP contribution in [0.1, 0.15) is 12.8 Å². The highest BCUT2D eigenvalue weighted by Crippen LogP contribution is 2.35. The molecule has 1 aliphatic rings. The standard InChI is InChI=1S/C30H26FN7O2/c31-20-9-18(11-22(12-20)40-8-7-38-5-1-2-6-38)29-23-14-27(35-25(23)3-4-33-29)30-24-13-26(34-17-28(24)36-37-30)19-10-21(39)16-32-15-19/h3-4,9-17,35,39H,1-2,5-8H2,(H,36,37). The maximum absolute atomic E-state index is 14.7. The number of aromatic amines is 2. The highest BCUT2D eigenvalue weighted by atomic mass is 19.1. The van der Waals surface area contributed by atoms with Crippen LogP contribution in [0.4, 0.5) is 4.39 Å². The van der Waals surface area contributed by atoms with Crippen molar-refractivity contribution in [1.29, 1.82) is 0 Å². The summed E-state index contributed by atoms with van der Waals surface area (Å²) in [6.07, 6.45) is 8.88. The predicted octanol–water partition coefficient (Wildman–Crippen LogP) is 5.55. The zero-order chi connectivity index (χ0) is 27.1. The number of aromatic hydroxyl groups is 1. The van der Waals surface area contributed by atoms with E-state index in [4.69, 9.17) is 4.74 Å². The molecule has 200 valence electrons. The summed E-state index contributed by atoms with van der Waals surface area (Å²) in [7, 11) is 0. The van der Waals surface area contributed by atoms with E-state index >= 15 is 0 Å². The maximum atomic E-state index is 14.7. The third-order valence-electron chi connectivity index (χ3n) is 7.29. The van der Waals surface area contributed by atoms with E-state index < -0.39 is 0 Å². The number of pyridine rings is 3. The van der Waals surface area contributed by atoms with Crippen molar-refractivity contribution in [2.24, 2.45) is 0 Å². The minimum atomic E-state index is -0.372. The Morgan fingerprint density at radius 2 is 1.77 bits per heavy atom. The molecule has 5 aromatic heterocycles. The first-order valence-electron chi connectivity index (χ1n) is 13.2. The lowest BCUT2D eigenvalue weighted by Crippen LogP contribution is -2.25. The SMILES string of the molecule is Oc1cncc(-c2cc3c(-c4cc5c(-c6cc(F)cc(OCCN7CCCC7)c6)nccc5[nH]4)n[nH]c3cn2)c1. The number of nitrogens with one attached hydrogen (secondary N) is 2. The molecule has 0 unspecified atom stereocenters. The quantitative estimate of drug-likeness (QED) is 0.245. The Bertz CT molecular complexity index is 1840. The lowest BCUT2D eigenvalue weighted by Gasteiger charge is -2.15. The first kappa shape index (κ1) is 24.2. The van der Waals surface area contributed by atoms with Crippen molar-refractivity contribution in [3.8, 4) is 45.4 Å². The van der Waals surface area contributed by atoms with Crippen molar-refractivity contribution in [1.82, 2.24) is 35.0 Å². The topological polar surface area (TPSA) is 116 Å². The van der Waals surface area contributed by atoms with Gasteiger partial charge in [0.15, 0.2) is 0 Å². The largest absolute Gasteiger partial charge is 0.506 e. The van der Waals surface area contributed by atoms with Crippen LogP contribution in [-0.2, 0) is 0 Å². The molecule has 0 aliphatic carbocycles. The molecule has 0 atom stereocenters. The number of hydrogen-bond acceptors (Lipinski definition) is 7. The molecule has 1 aromatic carbocycles. The second-order valence-corrected chi connectivity index (χ2v) is 10.00. The van der Waals surface area contributed by atoms with Crippen LogP contribution >= 0.6 is 0 Å². The average molecular weight is 536 g/mol. The van der Waals surface area contributed by atoms with Crippen LogP contribution in [0.3, 0.4) is 0 Å². The lowest BCUT2D eigenvalue weighted by molar-refractivity contribution is 0.237. The fourth-order valence-electron chi connectivity index (χ4n) is 5.34. The lowest BCUT2D eigenvalue weighted by atomic mass is 10.1. The molecule has 0 spiro atoms. The van der Waals surface area contributed by atoms with Gasteiger partial charge in [0.25, 0.3) is 0 Å². The molecule has 9 nitrogen and oxygen atoms in total. The van der Waals surface area contributed by atoms with E-state index in [0.717, 1.165) is 47.1 Å². The van der Waals surface area contributed by atoms with Crippen molar-refractivity contribution in [2.75, 3.05) is 26.2 Å². The van der Waals surface area contributed by atoms with E-state index in [0.29, 0.717) is 40.6 Å². The smallest absolute Gasteiger partial charge is 0.134 e. The number of ether oxygens (including phenoxy) is 1. The summed E-state index contributed by atoms with van der Waals surface area (Å²) < 4.78 is 20.6. The van der Waals surface area contributed by atoms with Crippen LogP contribution in [0.2, 0.25) is 0 Å². The summed E-state index contributed by atoms with van der Waals surface area (Å²) in [4.78, 5) is 19.0. The number of fused-ring (bicyclic) bond motifs is 2. The van der Waals surface area contributed by atoms with Crippen LogP contribution in [-0.4, -0.2) is 66.4 Å². The summed E-state index contributed by atoms with van der Waals surface area (Å²) in [5.74, 6) is 0.187. The fraction of sp³-hybridized carbons (Fsp3) is 0.200. The summed E-state index contributed by atoms with van der Waals surface area (Å²) in [5.41, 5.74) is 5.75. The Labute approximate surface area is 228 Å². The molecule has 0 saturated carbocycles. The number of nitrogens with zero attached hydrogens (tertiary/aromatic N) is 5. The molecule has 6 aromatic rings. The van der Waals surface area contributed by atoms with Crippen LogP contribution in [0.15, 0.2) is 67.3 Å². The molecule has 3 N–H and O–H groups in total. The van der Waals surface area contributed by atoms with Crippen molar-refractivity contribution in [3.63, 3.8) is 0 Å². The number of rotatable bonds is 7. The van der Waals surface area contributed by atoms with Crippen LogP contribution in [0.5, 0.6) is 11.5 Å². The van der Waals surface area contributed by atoms with Crippen molar-refractivity contribution in [3.05, 3.63) is 73.1 Å². The summed E-state index contributed by atoms with van der Waals surface area (Å²) in [6, 6.07) is 12.1. The molecular formula is C30H26FN7O2. The number of halogens is 1. The highest BCUT2D eigenvalue weighted by molar-refractivity contribution is 6.00. The minimum absolute atomic E-state index is 0.0694. The zero-order valence-electron chi connectivity index (χ0n) is 21.6. The van der Waals surface area contributed by atoms with Gasteiger partial charge in [-0.2, -0.15) is 5.10 Å². The second kappa shape index (κ2) is 10.0. The first-order chi connectivity index (χ1) is 19.6. The molecular weight excluding hydrogens is 509 g/mol. The van der Waals surface area contributed by atoms with Gasteiger partial charge in [0.05, 0.1) is 35.0 Å². The van der Waals surface area contributed by atoms with E-state index in [1.807, 2.05) is 24.3 Å². The van der Waals surface area contributed by atoms with Gasteiger partial charge in [-0.15, -0.1) is 0 Å². The average Bonchev–Trinajstić information content (AvgIpc) is 3.72. The zero-order valence-corrected chi connectivity index (χ0v) is 21.6. The molecule has 6 heterocycles. The van der Waals surface area contributed by atoms with Gasteiger partial charge >= 0.3 is 0 Å². The third kappa shape index (κ3) is 4.62. The summed E-state index contributed by atoms with van der Waals surface area (Å²) in [5, 5.41) is 19.1. The highest BCUT2D eigenvalue weighted by Gasteiger charge is 2.17. The van der Waals surface area contributed by atoms with E-state index in [-0.39, 0.29) is 11.6 Å². The van der Waals surface area contributed by atoms with E-state index in [9.17, 15) is 9.50 Å². The number of benzene rings is 1. The summed E-state index contributed by atoms with van der Waals surface area (Å²) >= 11 is 0. The van der Waals surface area contributed by atoms with Gasteiger partial charge in [-0.3, -0.25) is 25.0 Å². The van der Waals surface area contributed by atoms with Gasteiger partial charge in [-0.05, 0) is 62.3 Å². The minimum Gasteiger partial charge on any atom is -0.506 e. The van der Waals surface area contributed by atoms with Crippen molar-refractivity contribution >= 4 is 21.8 Å². The van der Waals surface area contributed by atoms with Gasteiger partial charge in [0, 0.05) is 52.4 Å². The molecule has 0 radical (unpaired) electrons. The Morgan fingerprint density at radius 1 is 0.900 bits per heavy atom. The third-order valence-corrected chi connectivity index (χ3v) is 7.29. The van der Waals surface area contributed by atoms with E-state index in [1.54, 1.807) is 24.7 Å². The molecule has 0 amide bonds. The Hall–Kier alpha value is -4.83. The monoisotopic (exact) mass is 535 g/mol. The summed E-state index contributed by atoms with van der Waals surface area (Å²) in [6.45, 7) is 3.53. The Balaban J connectivity index is 1.23. The maximum Gasteiger partial charge on any atom is 0.134 e. The van der Waals surface area contributed by atoms with Gasteiger partial charge in [0.1, 0.15) is 29.6 Å². The van der Waals surface area contributed by atoms with Crippen LogP contribution in [0.25, 0.3) is 55.7 Å². The molecule has 1 fully saturated rings. The Kier molecular flexibility index (Phi) is 6.09. The van der Waals surface area contributed by atoms with Crippen molar-refractivity contribution in [2.45, 2.75) is 12.8 Å². The Morgan fingerprint density at radius 3 is 2.65 bits per heavy atom. The van der Waals surface area contributed by atoms with E-state index in [1.165, 1.54) is 31.2 Å². The predicted molar refractivity (Wildman–Crippen MR) is 150 cm³/mol. The number of hydrogen-bond donors (Lipinski definition) is 3. The normalized spacial score (nSPS) is 13.9. The van der Waals surface area contributed by atoms with Gasteiger partial charge in [-0.25, -0.2) is 4.39 Å². The van der Waals surface area contributed by atoms with Gasteiger partial charge < -0.3 is 14.8 Å². The number of likely N-dealkylation sites (tertiary alicyclic amines) is 1. The van der Waals surface area contributed by atoms with E-state index in [2.05, 4.69) is 35.0 Å². The second-order valence-electron chi connectivity index (χ2n) is 10.00. The van der Waals surface area contributed by atoms with Crippen LogP contribution < -0.4 is 4.74 Å². The van der Waals surface area contributed by atoms with Crippen LogP contribution in [0, 0.1) is 5.82 Å². The van der Waals surface area contributed by atoms with Gasteiger partial charge in [-0.1, -0.05) is 0 Å². The molecule has 1 saturated heterocycles. The van der Waals surface area contributed by atoms with Crippen molar-refractivity contribution < 1.29 is 14.2 Å². The molecule has 10 heteroatoms. The molecule has 40 heavy (non-hydrogen) atoms. The van der Waals surface area contributed by atoms with Gasteiger partial charge in [0.2, 0.25) is 0 Å². The first-order valence-corrected chi connectivity index (χ1v) is 13.2. The molecule has 0 bridgehead atoms.